The van der Waals surface area contributed by atoms with Crippen molar-refractivity contribution >= 4 is 5.69 Å². The second-order valence-corrected chi connectivity index (χ2v) is 6.08. The van der Waals surface area contributed by atoms with Gasteiger partial charge in [-0.1, -0.05) is 20.3 Å². The number of benzene rings is 1. The number of anilines is 1. The van der Waals surface area contributed by atoms with Crippen molar-refractivity contribution in [3.8, 4) is 11.4 Å². The molecule has 0 bridgehead atoms. The average Bonchev–Trinajstić information content (AvgIpc) is 2.95. The number of hydrogen-bond acceptors (Lipinski definition) is 4. The highest BCUT2D eigenvalue weighted by atomic mass is 19.1. The van der Waals surface area contributed by atoms with E-state index in [1.165, 1.54) is 12.1 Å². The average molecular weight is 275 g/mol. The number of aromatic nitrogens is 4. The lowest BCUT2D eigenvalue weighted by Gasteiger charge is -2.27. The Bertz CT molecular complexity index is 634. The summed E-state index contributed by atoms with van der Waals surface area (Å²) in [6.45, 7) is 4.45. The summed E-state index contributed by atoms with van der Waals surface area (Å²) in [5, 5.41) is 12.0. The van der Waals surface area contributed by atoms with Crippen molar-refractivity contribution in [2.45, 2.75) is 39.2 Å². The number of nitrogen functional groups attached to an aromatic ring is 1. The summed E-state index contributed by atoms with van der Waals surface area (Å²) >= 11 is 0. The van der Waals surface area contributed by atoms with E-state index in [0.717, 1.165) is 19.3 Å². The Morgan fingerprint density at radius 2 is 2.20 bits per heavy atom. The quantitative estimate of drug-likeness (QED) is 0.856. The van der Waals surface area contributed by atoms with Gasteiger partial charge in [0.05, 0.1) is 6.04 Å². The smallest absolute Gasteiger partial charge is 0.184 e. The molecule has 1 saturated carbocycles. The lowest BCUT2D eigenvalue weighted by Crippen LogP contribution is -2.23. The lowest BCUT2D eigenvalue weighted by atomic mass is 9.87. The molecule has 0 saturated heterocycles. The molecule has 0 radical (unpaired) electrons. The lowest BCUT2D eigenvalue weighted by molar-refractivity contribution is 0.242. The van der Waals surface area contributed by atoms with Gasteiger partial charge in [-0.3, -0.25) is 0 Å². The molecular formula is C14H18FN5. The van der Waals surface area contributed by atoms with E-state index in [0.29, 0.717) is 17.1 Å². The van der Waals surface area contributed by atoms with Gasteiger partial charge in [-0.05, 0) is 46.9 Å². The Morgan fingerprint density at radius 3 is 2.85 bits per heavy atom. The maximum atomic E-state index is 13.2. The molecule has 1 aliphatic rings. The predicted molar refractivity (Wildman–Crippen MR) is 74.3 cm³/mol. The Hall–Kier alpha value is -1.98. The first kappa shape index (κ1) is 13.0. The van der Waals surface area contributed by atoms with Crippen molar-refractivity contribution in [2.24, 2.45) is 5.41 Å². The minimum Gasteiger partial charge on any atom is -0.398 e. The minimum atomic E-state index is -0.355. The largest absolute Gasteiger partial charge is 0.398 e. The fourth-order valence-corrected chi connectivity index (χ4v) is 3.08. The van der Waals surface area contributed by atoms with E-state index in [1.807, 2.05) is 4.68 Å². The number of nitrogens with zero attached hydrogens (tertiary/aromatic N) is 4. The SMILES string of the molecule is CC1(C)CCCC1n1nnnc1-c1ccc(F)cc1N. The fraction of sp³-hybridized carbons (Fsp3) is 0.500. The number of rotatable bonds is 2. The second-order valence-electron chi connectivity index (χ2n) is 6.08. The molecule has 1 atom stereocenters. The van der Waals surface area contributed by atoms with E-state index >= 15 is 0 Å². The zero-order valence-corrected chi connectivity index (χ0v) is 11.7. The monoisotopic (exact) mass is 275 g/mol. The highest BCUT2D eigenvalue weighted by molar-refractivity contribution is 5.71. The molecule has 2 aromatic rings. The second kappa shape index (κ2) is 4.54. The summed E-state index contributed by atoms with van der Waals surface area (Å²) < 4.78 is 15.0. The predicted octanol–water partition coefficient (Wildman–Crippen LogP) is 2.81. The van der Waals surface area contributed by atoms with Gasteiger partial charge in [0.15, 0.2) is 5.82 Å². The summed E-state index contributed by atoms with van der Waals surface area (Å²) in [6, 6.07) is 4.56. The van der Waals surface area contributed by atoms with E-state index in [2.05, 4.69) is 29.4 Å². The molecule has 1 aromatic carbocycles. The van der Waals surface area contributed by atoms with Gasteiger partial charge in [0.2, 0.25) is 0 Å². The molecule has 0 spiro atoms. The first-order valence-corrected chi connectivity index (χ1v) is 6.82. The number of halogens is 1. The van der Waals surface area contributed by atoms with Crippen LogP contribution in [-0.2, 0) is 0 Å². The highest BCUT2D eigenvalue weighted by Gasteiger charge is 2.38. The molecule has 106 valence electrons. The molecular weight excluding hydrogens is 257 g/mol. The summed E-state index contributed by atoms with van der Waals surface area (Å²) in [5.74, 6) is 0.258. The molecule has 20 heavy (non-hydrogen) atoms. The van der Waals surface area contributed by atoms with Crippen molar-refractivity contribution in [1.82, 2.24) is 20.2 Å². The Labute approximate surface area is 117 Å². The third-order valence-electron chi connectivity index (χ3n) is 4.24. The van der Waals surface area contributed by atoms with Crippen LogP contribution in [0.3, 0.4) is 0 Å². The minimum absolute atomic E-state index is 0.152. The van der Waals surface area contributed by atoms with Gasteiger partial charge in [-0.25, -0.2) is 9.07 Å². The molecule has 1 heterocycles. The highest BCUT2D eigenvalue weighted by Crippen LogP contribution is 2.46. The fourth-order valence-electron chi connectivity index (χ4n) is 3.08. The maximum absolute atomic E-state index is 13.2. The van der Waals surface area contributed by atoms with Crippen molar-refractivity contribution in [1.29, 1.82) is 0 Å². The van der Waals surface area contributed by atoms with Crippen LogP contribution in [0.5, 0.6) is 0 Å². The van der Waals surface area contributed by atoms with E-state index < -0.39 is 0 Å². The Balaban J connectivity index is 2.06. The zero-order chi connectivity index (χ0) is 14.3. The van der Waals surface area contributed by atoms with Crippen LogP contribution in [0.25, 0.3) is 11.4 Å². The van der Waals surface area contributed by atoms with Crippen LogP contribution < -0.4 is 5.73 Å². The van der Waals surface area contributed by atoms with E-state index in [1.54, 1.807) is 6.07 Å². The zero-order valence-electron chi connectivity index (χ0n) is 11.7. The molecule has 1 fully saturated rings. The summed E-state index contributed by atoms with van der Waals surface area (Å²) in [4.78, 5) is 0. The topological polar surface area (TPSA) is 69.6 Å². The third-order valence-corrected chi connectivity index (χ3v) is 4.24. The van der Waals surface area contributed by atoms with E-state index in [9.17, 15) is 4.39 Å². The van der Waals surface area contributed by atoms with Crippen molar-refractivity contribution in [2.75, 3.05) is 5.73 Å². The molecule has 3 rings (SSSR count). The van der Waals surface area contributed by atoms with Gasteiger partial charge in [-0.2, -0.15) is 0 Å². The van der Waals surface area contributed by atoms with E-state index in [-0.39, 0.29) is 17.3 Å². The normalized spacial score (nSPS) is 21.2. The van der Waals surface area contributed by atoms with Gasteiger partial charge in [0.25, 0.3) is 0 Å². The molecule has 5 nitrogen and oxygen atoms in total. The molecule has 0 aliphatic heterocycles. The molecule has 1 aromatic heterocycles. The summed E-state index contributed by atoms with van der Waals surface area (Å²) in [5.41, 5.74) is 7.09. The van der Waals surface area contributed by atoms with Crippen LogP contribution in [-0.4, -0.2) is 20.2 Å². The Kier molecular flexibility index (Phi) is 2.96. The van der Waals surface area contributed by atoms with Crippen LogP contribution >= 0.6 is 0 Å². The number of hydrogen-bond donors (Lipinski definition) is 1. The molecule has 2 N–H and O–H groups in total. The van der Waals surface area contributed by atoms with Crippen molar-refractivity contribution in [3.63, 3.8) is 0 Å². The van der Waals surface area contributed by atoms with Crippen LogP contribution in [0.4, 0.5) is 10.1 Å². The standard InChI is InChI=1S/C14H18FN5/c1-14(2)7-3-4-12(14)20-13(17-18-19-20)10-6-5-9(15)8-11(10)16/h5-6,8,12H,3-4,7,16H2,1-2H3. The van der Waals surface area contributed by atoms with Gasteiger partial charge >= 0.3 is 0 Å². The first-order valence-electron chi connectivity index (χ1n) is 6.82. The first-order chi connectivity index (χ1) is 9.49. The summed E-state index contributed by atoms with van der Waals surface area (Å²) in [6.07, 6.45) is 3.36. The van der Waals surface area contributed by atoms with Gasteiger partial charge in [0, 0.05) is 11.3 Å². The summed E-state index contributed by atoms with van der Waals surface area (Å²) in [7, 11) is 0. The van der Waals surface area contributed by atoms with Crippen molar-refractivity contribution in [3.05, 3.63) is 24.0 Å². The molecule has 1 aliphatic carbocycles. The van der Waals surface area contributed by atoms with Crippen LogP contribution in [0, 0.1) is 11.2 Å². The number of tetrazole rings is 1. The number of nitrogens with two attached hydrogens (primary N) is 1. The van der Waals surface area contributed by atoms with Crippen LogP contribution in [0.2, 0.25) is 0 Å². The van der Waals surface area contributed by atoms with Gasteiger partial charge in [-0.15, -0.1) is 5.10 Å². The van der Waals surface area contributed by atoms with Gasteiger partial charge in [0.1, 0.15) is 5.82 Å². The maximum Gasteiger partial charge on any atom is 0.184 e. The van der Waals surface area contributed by atoms with Crippen LogP contribution in [0.15, 0.2) is 18.2 Å². The molecule has 6 heteroatoms. The third kappa shape index (κ3) is 2.05. The molecule has 1 unspecified atom stereocenters. The Morgan fingerprint density at radius 1 is 1.40 bits per heavy atom. The molecule has 0 amide bonds. The van der Waals surface area contributed by atoms with Crippen molar-refractivity contribution < 1.29 is 4.39 Å². The van der Waals surface area contributed by atoms with Gasteiger partial charge < -0.3 is 5.73 Å². The van der Waals surface area contributed by atoms with E-state index in [4.69, 9.17) is 5.73 Å². The van der Waals surface area contributed by atoms with Crippen LogP contribution in [0.1, 0.15) is 39.2 Å².